The molecule has 0 aromatic rings. The van der Waals surface area contributed by atoms with Gasteiger partial charge in [-0.15, -0.1) is 0 Å². The van der Waals surface area contributed by atoms with Crippen molar-refractivity contribution in [1.29, 1.82) is 0 Å². The van der Waals surface area contributed by atoms with Crippen molar-refractivity contribution >= 4 is 0 Å². The fraction of sp³-hybridized carbons (Fsp3) is 0.625. The number of rotatable bonds is 2. The average Bonchev–Trinajstić information content (AvgIpc) is 2.51. The number of allylic oxidation sites excluding steroid dienone is 5. The van der Waals surface area contributed by atoms with Gasteiger partial charge in [-0.25, -0.2) is 0 Å². The van der Waals surface area contributed by atoms with E-state index < -0.39 is 0 Å². The van der Waals surface area contributed by atoms with Gasteiger partial charge < -0.3 is 10.2 Å². The third-order valence-corrected chi connectivity index (χ3v) is 3.86. The Balaban J connectivity index is 1.85. The first kappa shape index (κ1) is 13.4. The molecule has 18 heavy (non-hydrogen) atoms. The first-order chi connectivity index (χ1) is 8.74. The molecule has 0 aromatic heterocycles. The van der Waals surface area contributed by atoms with Gasteiger partial charge in [-0.1, -0.05) is 23.8 Å². The van der Waals surface area contributed by atoms with E-state index in [1.807, 2.05) is 0 Å². The highest BCUT2D eigenvalue weighted by Gasteiger charge is 2.13. The molecule has 2 heteroatoms. The molecule has 0 spiro atoms. The van der Waals surface area contributed by atoms with Gasteiger partial charge in [0.15, 0.2) is 0 Å². The lowest BCUT2D eigenvalue weighted by atomic mass is 10.0. The summed E-state index contributed by atoms with van der Waals surface area (Å²) < 4.78 is 0. The van der Waals surface area contributed by atoms with Gasteiger partial charge >= 0.3 is 0 Å². The lowest BCUT2D eigenvalue weighted by Gasteiger charge is -2.26. The zero-order chi connectivity index (χ0) is 12.8. The van der Waals surface area contributed by atoms with Crippen LogP contribution in [-0.4, -0.2) is 31.1 Å². The van der Waals surface area contributed by atoms with E-state index in [1.165, 1.54) is 50.0 Å². The summed E-state index contributed by atoms with van der Waals surface area (Å²) in [4.78, 5) is 2.45. The van der Waals surface area contributed by atoms with Gasteiger partial charge in [0.25, 0.3) is 0 Å². The predicted octanol–water partition coefficient (Wildman–Crippen LogP) is 3.24. The minimum absolute atomic E-state index is 0.660. The van der Waals surface area contributed by atoms with Crippen LogP contribution in [0.5, 0.6) is 0 Å². The van der Waals surface area contributed by atoms with Gasteiger partial charge in [0.1, 0.15) is 0 Å². The SMILES string of the molecule is CC1=CCC=C(NC2CCCN(C)CCC2)C=C1. The van der Waals surface area contributed by atoms with E-state index in [0.717, 1.165) is 6.42 Å². The first-order valence-corrected chi connectivity index (χ1v) is 7.24. The molecule has 1 aliphatic heterocycles. The fourth-order valence-electron chi connectivity index (χ4n) is 2.69. The minimum Gasteiger partial charge on any atom is -0.383 e. The maximum atomic E-state index is 3.72. The normalized spacial score (nSPS) is 23.7. The second-order valence-corrected chi connectivity index (χ2v) is 5.61. The van der Waals surface area contributed by atoms with Crippen molar-refractivity contribution in [2.24, 2.45) is 0 Å². The van der Waals surface area contributed by atoms with E-state index in [-0.39, 0.29) is 0 Å². The molecule has 1 N–H and O–H groups in total. The summed E-state index contributed by atoms with van der Waals surface area (Å²) in [6.45, 7) is 4.65. The summed E-state index contributed by atoms with van der Waals surface area (Å²) in [5, 5.41) is 3.72. The molecule has 0 saturated carbocycles. The van der Waals surface area contributed by atoms with Crippen molar-refractivity contribution in [3.63, 3.8) is 0 Å². The molecule has 0 atom stereocenters. The van der Waals surface area contributed by atoms with Crippen molar-refractivity contribution in [1.82, 2.24) is 10.2 Å². The zero-order valence-electron chi connectivity index (χ0n) is 11.8. The number of nitrogens with zero attached hydrogens (tertiary/aromatic N) is 1. The molecule has 0 aromatic carbocycles. The van der Waals surface area contributed by atoms with Crippen molar-refractivity contribution in [3.8, 4) is 0 Å². The quantitative estimate of drug-likeness (QED) is 0.804. The Bertz CT molecular complexity index is 342. The molecule has 1 heterocycles. The monoisotopic (exact) mass is 246 g/mol. The summed E-state index contributed by atoms with van der Waals surface area (Å²) in [5.41, 5.74) is 2.67. The van der Waals surface area contributed by atoms with E-state index in [0.29, 0.717) is 6.04 Å². The molecular weight excluding hydrogens is 220 g/mol. The first-order valence-electron chi connectivity index (χ1n) is 7.24. The lowest BCUT2D eigenvalue weighted by Crippen LogP contribution is -2.33. The van der Waals surface area contributed by atoms with Crippen LogP contribution in [-0.2, 0) is 0 Å². The zero-order valence-corrected chi connectivity index (χ0v) is 11.8. The molecule has 100 valence electrons. The Labute approximate surface area is 111 Å². The van der Waals surface area contributed by atoms with Crippen LogP contribution in [0.25, 0.3) is 0 Å². The maximum absolute atomic E-state index is 3.72. The van der Waals surface area contributed by atoms with E-state index in [9.17, 15) is 0 Å². The Hall–Kier alpha value is -1.02. The molecule has 1 fully saturated rings. The third kappa shape index (κ3) is 4.34. The highest BCUT2D eigenvalue weighted by Crippen LogP contribution is 2.14. The van der Waals surface area contributed by atoms with Gasteiger partial charge in [0, 0.05) is 11.7 Å². The Kier molecular flexibility index (Phi) is 5.06. The average molecular weight is 246 g/mol. The third-order valence-electron chi connectivity index (χ3n) is 3.86. The Morgan fingerprint density at radius 1 is 1.11 bits per heavy atom. The van der Waals surface area contributed by atoms with Crippen molar-refractivity contribution < 1.29 is 0 Å². The summed E-state index contributed by atoms with van der Waals surface area (Å²) in [6.07, 6.45) is 15.3. The minimum atomic E-state index is 0.660. The van der Waals surface area contributed by atoms with Gasteiger partial charge in [-0.2, -0.15) is 0 Å². The molecule has 2 rings (SSSR count). The second-order valence-electron chi connectivity index (χ2n) is 5.61. The van der Waals surface area contributed by atoms with Gasteiger partial charge in [0.05, 0.1) is 0 Å². The number of nitrogens with one attached hydrogen (secondary N) is 1. The molecule has 2 aliphatic rings. The van der Waals surface area contributed by atoms with Crippen LogP contribution in [0.3, 0.4) is 0 Å². The van der Waals surface area contributed by atoms with E-state index >= 15 is 0 Å². The summed E-state index contributed by atoms with van der Waals surface area (Å²) >= 11 is 0. The van der Waals surface area contributed by atoms with Gasteiger partial charge in [-0.05, 0) is 65.2 Å². The van der Waals surface area contributed by atoms with Crippen LogP contribution < -0.4 is 5.32 Å². The molecule has 0 unspecified atom stereocenters. The van der Waals surface area contributed by atoms with E-state index in [4.69, 9.17) is 0 Å². The molecule has 2 nitrogen and oxygen atoms in total. The number of hydrogen-bond acceptors (Lipinski definition) is 2. The predicted molar refractivity (Wildman–Crippen MR) is 78.5 cm³/mol. The molecule has 0 amide bonds. The maximum Gasteiger partial charge on any atom is 0.0304 e. The summed E-state index contributed by atoms with van der Waals surface area (Å²) in [5.74, 6) is 0. The highest BCUT2D eigenvalue weighted by molar-refractivity contribution is 5.30. The van der Waals surface area contributed by atoms with Crippen LogP contribution in [0.15, 0.2) is 35.6 Å². The molecule has 1 aliphatic carbocycles. The van der Waals surface area contributed by atoms with Crippen LogP contribution in [0, 0.1) is 0 Å². The summed E-state index contributed by atoms with van der Waals surface area (Å²) in [7, 11) is 2.23. The lowest BCUT2D eigenvalue weighted by molar-refractivity contribution is 0.277. The second kappa shape index (κ2) is 6.79. The van der Waals surface area contributed by atoms with Crippen molar-refractivity contribution in [2.45, 2.75) is 45.1 Å². The van der Waals surface area contributed by atoms with Crippen molar-refractivity contribution in [3.05, 3.63) is 35.6 Å². The molecule has 1 saturated heterocycles. The number of likely N-dealkylation sites (tertiary alicyclic amines) is 1. The smallest absolute Gasteiger partial charge is 0.0304 e. The van der Waals surface area contributed by atoms with Crippen LogP contribution in [0.4, 0.5) is 0 Å². The van der Waals surface area contributed by atoms with Crippen LogP contribution in [0.1, 0.15) is 39.0 Å². The Morgan fingerprint density at radius 2 is 1.83 bits per heavy atom. The Morgan fingerprint density at radius 3 is 2.56 bits per heavy atom. The molecule has 0 radical (unpaired) electrons. The van der Waals surface area contributed by atoms with E-state index in [1.54, 1.807) is 0 Å². The van der Waals surface area contributed by atoms with Gasteiger partial charge in [0.2, 0.25) is 0 Å². The van der Waals surface area contributed by atoms with Gasteiger partial charge in [-0.3, -0.25) is 0 Å². The van der Waals surface area contributed by atoms with Crippen molar-refractivity contribution in [2.75, 3.05) is 20.1 Å². The standard InChI is InChI=1S/C16H26N2/c1-14-6-3-7-16(11-10-14)17-15-8-4-12-18(2)13-5-9-15/h6-7,10-11,15,17H,3-5,8-9,12-13H2,1-2H3. The fourth-order valence-corrected chi connectivity index (χ4v) is 2.69. The number of hydrogen-bond donors (Lipinski definition) is 1. The van der Waals surface area contributed by atoms with Crippen LogP contribution >= 0.6 is 0 Å². The van der Waals surface area contributed by atoms with E-state index in [2.05, 4.69) is 48.5 Å². The largest absolute Gasteiger partial charge is 0.383 e. The highest BCUT2D eigenvalue weighted by atomic mass is 15.1. The molecular formula is C16H26N2. The van der Waals surface area contributed by atoms with Crippen LogP contribution in [0.2, 0.25) is 0 Å². The topological polar surface area (TPSA) is 15.3 Å². The summed E-state index contributed by atoms with van der Waals surface area (Å²) in [6, 6.07) is 0.660. The molecule has 0 bridgehead atoms.